The lowest BCUT2D eigenvalue weighted by Crippen LogP contribution is -2.44. The van der Waals surface area contributed by atoms with E-state index in [4.69, 9.17) is 23.8 Å². The Morgan fingerprint density at radius 1 is 1.14 bits per heavy atom. The summed E-state index contributed by atoms with van der Waals surface area (Å²) in [5, 5.41) is 18.2. The van der Waals surface area contributed by atoms with Gasteiger partial charge in [-0.25, -0.2) is 0 Å². The Bertz CT molecular complexity index is 445. The van der Waals surface area contributed by atoms with Crippen LogP contribution in [0.5, 0.6) is 0 Å². The summed E-state index contributed by atoms with van der Waals surface area (Å²) in [6.45, 7) is 6.94. The molecular formula is C16H25BN2O2. The van der Waals surface area contributed by atoms with Crippen molar-refractivity contribution in [2.45, 2.75) is 45.4 Å². The molecule has 0 spiro atoms. The Morgan fingerprint density at radius 2 is 1.62 bits per heavy atom. The smallest absolute Gasteiger partial charge is 0.117 e. The fourth-order valence-electron chi connectivity index (χ4n) is 0.883. The summed E-state index contributed by atoms with van der Waals surface area (Å²) in [5.41, 5.74) is 4.80. The second kappa shape index (κ2) is 8.65. The number of nitrogens with two attached hydrogens (primary N) is 1. The Kier molecular flexibility index (Phi) is 7.99. The molecule has 1 rings (SSSR count). The SMILES string of the molecule is CC(C)(O)C(C)(C)O.[B]/C(C=NCc1ccccc1)=C/N. The van der Waals surface area contributed by atoms with Gasteiger partial charge in [-0.1, -0.05) is 35.8 Å². The average Bonchev–Trinajstić information content (AvgIpc) is 2.38. The third-order valence-electron chi connectivity index (χ3n) is 3.05. The lowest BCUT2D eigenvalue weighted by atomic mass is 9.90. The molecule has 0 atom stereocenters. The Hall–Kier alpha value is -1.59. The minimum absolute atomic E-state index is 0.482. The Balaban J connectivity index is 0.000000433. The molecule has 0 saturated carbocycles. The zero-order chi connectivity index (χ0) is 16.5. The van der Waals surface area contributed by atoms with Crippen molar-refractivity contribution in [2.24, 2.45) is 10.7 Å². The molecule has 0 bridgehead atoms. The van der Waals surface area contributed by atoms with Crippen LogP contribution in [0.25, 0.3) is 0 Å². The van der Waals surface area contributed by atoms with E-state index >= 15 is 0 Å². The van der Waals surface area contributed by atoms with E-state index in [1.54, 1.807) is 33.9 Å². The molecule has 4 nitrogen and oxygen atoms in total. The first-order valence-corrected chi connectivity index (χ1v) is 6.74. The normalized spacial score (nSPS) is 13.0. The summed E-state index contributed by atoms with van der Waals surface area (Å²) in [5.74, 6) is 0. The highest BCUT2D eigenvalue weighted by Crippen LogP contribution is 2.19. The molecule has 0 aromatic heterocycles. The van der Waals surface area contributed by atoms with E-state index in [-0.39, 0.29) is 0 Å². The molecule has 0 unspecified atom stereocenters. The number of benzene rings is 1. The van der Waals surface area contributed by atoms with Gasteiger partial charge in [-0.3, -0.25) is 4.99 Å². The third-order valence-corrected chi connectivity index (χ3v) is 3.05. The van der Waals surface area contributed by atoms with Crippen LogP contribution < -0.4 is 5.73 Å². The highest BCUT2D eigenvalue weighted by atomic mass is 16.3. The summed E-state index contributed by atoms with van der Waals surface area (Å²) in [6, 6.07) is 9.96. The van der Waals surface area contributed by atoms with Crippen molar-refractivity contribution in [3.8, 4) is 0 Å². The quantitative estimate of drug-likeness (QED) is 0.583. The lowest BCUT2D eigenvalue weighted by Gasteiger charge is -2.31. The van der Waals surface area contributed by atoms with Gasteiger partial charge in [0.15, 0.2) is 0 Å². The van der Waals surface area contributed by atoms with Crippen LogP contribution in [0.4, 0.5) is 0 Å². The van der Waals surface area contributed by atoms with Gasteiger partial charge in [0.25, 0.3) is 0 Å². The van der Waals surface area contributed by atoms with E-state index in [0.717, 1.165) is 5.56 Å². The summed E-state index contributed by atoms with van der Waals surface area (Å²) < 4.78 is 0. The van der Waals surface area contributed by atoms with E-state index in [0.29, 0.717) is 12.0 Å². The van der Waals surface area contributed by atoms with Crippen LogP contribution >= 0.6 is 0 Å². The van der Waals surface area contributed by atoms with Crippen LogP contribution in [-0.4, -0.2) is 35.5 Å². The van der Waals surface area contributed by atoms with Crippen molar-refractivity contribution in [2.75, 3.05) is 0 Å². The van der Waals surface area contributed by atoms with E-state index in [1.807, 2.05) is 30.3 Å². The molecular weight excluding hydrogens is 263 g/mol. The summed E-state index contributed by atoms with van der Waals surface area (Å²) in [6.07, 6.45) is 2.89. The molecule has 5 heteroatoms. The molecule has 0 aliphatic carbocycles. The molecule has 0 fully saturated rings. The van der Waals surface area contributed by atoms with Gasteiger partial charge < -0.3 is 15.9 Å². The Morgan fingerprint density at radius 3 is 2.00 bits per heavy atom. The fraction of sp³-hybridized carbons (Fsp3) is 0.438. The second-order valence-electron chi connectivity index (χ2n) is 5.74. The number of rotatable bonds is 4. The first-order valence-electron chi connectivity index (χ1n) is 6.74. The van der Waals surface area contributed by atoms with Crippen molar-refractivity contribution in [1.29, 1.82) is 0 Å². The predicted molar refractivity (Wildman–Crippen MR) is 89.3 cm³/mol. The maximum Gasteiger partial charge on any atom is 0.117 e. The zero-order valence-electron chi connectivity index (χ0n) is 13.2. The molecule has 114 valence electrons. The highest BCUT2D eigenvalue weighted by molar-refractivity contribution is 6.32. The second-order valence-corrected chi connectivity index (χ2v) is 5.74. The zero-order valence-corrected chi connectivity index (χ0v) is 13.2. The van der Waals surface area contributed by atoms with Gasteiger partial charge >= 0.3 is 0 Å². The summed E-state index contributed by atoms with van der Waals surface area (Å²) in [7, 11) is 5.42. The van der Waals surface area contributed by atoms with Crippen molar-refractivity contribution < 1.29 is 10.2 Å². The number of nitrogens with zero attached hydrogens (tertiary/aromatic N) is 1. The van der Waals surface area contributed by atoms with E-state index in [1.165, 1.54) is 6.20 Å². The average molecular weight is 288 g/mol. The summed E-state index contributed by atoms with van der Waals surface area (Å²) >= 11 is 0. The van der Waals surface area contributed by atoms with Gasteiger partial charge in [-0.15, -0.1) is 0 Å². The topological polar surface area (TPSA) is 78.8 Å². The number of aliphatic hydroxyl groups is 2. The van der Waals surface area contributed by atoms with Crippen molar-refractivity contribution in [3.63, 3.8) is 0 Å². The van der Waals surface area contributed by atoms with Gasteiger partial charge in [0, 0.05) is 6.21 Å². The van der Waals surface area contributed by atoms with Gasteiger partial charge in [-0.05, 0) is 39.5 Å². The molecule has 1 aromatic rings. The molecule has 0 saturated heterocycles. The number of allylic oxidation sites excluding steroid dienone is 1. The summed E-state index contributed by atoms with van der Waals surface area (Å²) in [4.78, 5) is 4.11. The van der Waals surface area contributed by atoms with Gasteiger partial charge in [0.05, 0.1) is 17.7 Å². The molecule has 0 amide bonds. The molecule has 0 aliphatic rings. The molecule has 2 radical (unpaired) electrons. The fourth-order valence-corrected chi connectivity index (χ4v) is 0.883. The largest absolute Gasteiger partial charge is 0.405 e. The molecule has 0 heterocycles. The molecule has 4 N–H and O–H groups in total. The lowest BCUT2D eigenvalue weighted by molar-refractivity contribution is -0.107. The standard InChI is InChI=1S/C10H11BN2.C6H14O2/c11-10(6-12)8-13-7-9-4-2-1-3-5-9;1-5(2,7)6(3,4)8/h1-6,8H,7,12H2;7-8H,1-4H3/b10-6+,13-8?;. The maximum absolute atomic E-state index is 9.10. The van der Waals surface area contributed by atoms with Crippen molar-refractivity contribution in [3.05, 3.63) is 47.6 Å². The van der Waals surface area contributed by atoms with Crippen molar-refractivity contribution in [1.82, 2.24) is 0 Å². The van der Waals surface area contributed by atoms with Gasteiger partial charge in [0.1, 0.15) is 7.85 Å². The van der Waals surface area contributed by atoms with E-state index < -0.39 is 11.2 Å². The predicted octanol–water partition coefficient (Wildman–Crippen LogP) is 1.75. The number of hydrogen-bond donors (Lipinski definition) is 3. The minimum Gasteiger partial charge on any atom is -0.405 e. The van der Waals surface area contributed by atoms with Crippen LogP contribution in [0.1, 0.15) is 33.3 Å². The number of aliphatic imine (C=N–C) groups is 1. The van der Waals surface area contributed by atoms with Crippen LogP contribution in [-0.2, 0) is 6.54 Å². The van der Waals surface area contributed by atoms with E-state index in [9.17, 15) is 0 Å². The van der Waals surface area contributed by atoms with Crippen LogP contribution in [0, 0.1) is 0 Å². The minimum atomic E-state index is -1.01. The van der Waals surface area contributed by atoms with Crippen molar-refractivity contribution >= 4 is 14.1 Å². The monoisotopic (exact) mass is 288 g/mol. The first-order chi connectivity index (χ1) is 9.58. The number of hydrogen-bond acceptors (Lipinski definition) is 4. The van der Waals surface area contributed by atoms with Crippen LogP contribution in [0.15, 0.2) is 47.0 Å². The van der Waals surface area contributed by atoms with Gasteiger partial charge in [0.2, 0.25) is 0 Å². The van der Waals surface area contributed by atoms with Crippen LogP contribution in [0.3, 0.4) is 0 Å². The maximum atomic E-state index is 9.10. The first kappa shape index (κ1) is 19.4. The molecule has 21 heavy (non-hydrogen) atoms. The molecule has 0 aliphatic heterocycles. The Labute approximate surface area is 128 Å². The van der Waals surface area contributed by atoms with Crippen LogP contribution in [0.2, 0.25) is 0 Å². The van der Waals surface area contributed by atoms with Gasteiger partial charge in [-0.2, -0.15) is 0 Å². The molecule has 1 aromatic carbocycles. The third kappa shape index (κ3) is 9.05. The highest BCUT2D eigenvalue weighted by Gasteiger charge is 2.31. The van der Waals surface area contributed by atoms with E-state index in [2.05, 4.69) is 4.99 Å².